The van der Waals surface area contributed by atoms with Gasteiger partial charge in [-0.05, 0) is 25.0 Å². The minimum atomic E-state index is -0.754. The van der Waals surface area contributed by atoms with Gasteiger partial charge in [-0.15, -0.1) is 0 Å². The molecule has 0 aliphatic rings. The largest absolute Gasteiger partial charge is 0.342 e. The molecular weight excluding hydrogens is 268 g/mol. The van der Waals surface area contributed by atoms with E-state index in [1.165, 1.54) is 0 Å². The molecule has 1 aromatic heterocycles. The Balaban J connectivity index is 2.43. The third-order valence-corrected chi connectivity index (χ3v) is 2.76. The molecule has 0 aliphatic heterocycles. The summed E-state index contributed by atoms with van der Waals surface area (Å²) >= 11 is 0. The smallest absolute Gasteiger partial charge is 0.329 e. The quantitative estimate of drug-likeness (QED) is 0.456. The van der Waals surface area contributed by atoms with Crippen molar-refractivity contribution in [2.75, 3.05) is 0 Å². The molecule has 0 saturated heterocycles. The fraction of sp³-hybridized carbons (Fsp3) is 0.467. The van der Waals surface area contributed by atoms with Crippen LogP contribution in [0, 0.1) is 0 Å². The summed E-state index contributed by atoms with van der Waals surface area (Å²) in [5.74, 6) is -1.47. The van der Waals surface area contributed by atoms with Gasteiger partial charge in [0, 0.05) is 11.9 Å². The Morgan fingerprint density at radius 3 is 2.43 bits per heavy atom. The third kappa shape index (κ3) is 6.65. The molecule has 0 aromatic carbocycles. The van der Waals surface area contributed by atoms with Gasteiger partial charge in [-0.2, -0.15) is 5.10 Å². The van der Waals surface area contributed by atoms with Crippen molar-refractivity contribution < 1.29 is 9.59 Å². The van der Waals surface area contributed by atoms with E-state index in [0.29, 0.717) is 5.69 Å². The standard InChI is InChI=1S/C15H22N4O2/c1-3-7-12(8-4-2)18-19-15(21)14(20)17-11-13-9-5-6-10-16-13/h5-6,9-10H,3-4,7-8,11H2,1-2H3,(H,17,20)(H,19,21). The number of nitrogens with one attached hydrogen (secondary N) is 2. The predicted molar refractivity (Wildman–Crippen MR) is 81.5 cm³/mol. The molecule has 114 valence electrons. The van der Waals surface area contributed by atoms with Crippen LogP contribution in [0.25, 0.3) is 0 Å². The molecule has 6 heteroatoms. The molecule has 0 aliphatic carbocycles. The summed E-state index contributed by atoms with van der Waals surface area (Å²) in [4.78, 5) is 27.3. The van der Waals surface area contributed by atoms with Crippen LogP contribution < -0.4 is 10.7 Å². The van der Waals surface area contributed by atoms with E-state index in [-0.39, 0.29) is 6.54 Å². The van der Waals surface area contributed by atoms with Crippen LogP contribution in [0.15, 0.2) is 29.5 Å². The number of pyridine rings is 1. The van der Waals surface area contributed by atoms with Crippen molar-refractivity contribution in [2.45, 2.75) is 46.1 Å². The molecule has 0 saturated carbocycles. The fourth-order valence-corrected chi connectivity index (χ4v) is 1.75. The molecule has 0 fully saturated rings. The molecule has 2 amide bonds. The van der Waals surface area contributed by atoms with E-state index in [2.05, 4.69) is 20.8 Å². The Kier molecular flexibility index (Phi) is 7.71. The Hall–Kier alpha value is -2.24. The average Bonchev–Trinajstić information content (AvgIpc) is 2.51. The van der Waals surface area contributed by atoms with Crippen LogP contribution >= 0.6 is 0 Å². The Morgan fingerprint density at radius 1 is 1.14 bits per heavy atom. The maximum Gasteiger partial charge on any atom is 0.329 e. The van der Waals surface area contributed by atoms with Crippen LogP contribution in [-0.2, 0) is 16.1 Å². The number of nitrogens with zero attached hydrogens (tertiary/aromatic N) is 2. The lowest BCUT2D eigenvalue weighted by atomic mass is 10.1. The number of aromatic nitrogens is 1. The lowest BCUT2D eigenvalue weighted by Gasteiger charge is -2.05. The molecule has 0 spiro atoms. The van der Waals surface area contributed by atoms with Gasteiger partial charge in [0.25, 0.3) is 0 Å². The highest BCUT2D eigenvalue weighted by molar-refractivity contribution is 6.35. The number of hydrogen-bond acceptors (Lipinski definition) is 4. The van der Waals surface area contributed by atoms with Crippen LogP contribution in [0.5, 0.6) is 0 Å². The number of hydrazone groups is 1. The molecule has 6 nitrogen and oxygen atoms in total. The second-order valence-electron chi connectivity index (χ2n) is 4.62. The van der Waals surface area contributed by atoms with Gasteiger partial charge in [-0.1, -0.05) is 32.8 Å². The molecule has 0 radical (unpaired) electrons. The maximum atomic E-state index is 11.6. The molecule has 0 atom stereocenters. The molecule has 21 heavy (non-hydrogen) atoms. The van der Waals surface area contributed by atoms with Crippen LogP contribution in [-0.4, -0.2) is 22.5 Å². The summed E-state index contributed by atoms with van der Waals surface area (Å²) in [7, 11) is 0. The van der Waals surface area contributed by atoms with E-state index in [1.807, 2.05) is 19.9 Å². The summed E-state index contributed by atoms with van der Waals surface area (Å²) in [6, 6.07) is 5.38. The van der Waals surface area contributed by atoms with Gasteiger partial charge in [-0.25, -0.2) is 5.43 Å². The molecule has 2 N–H and O–H groups in total. The first-order valence-electron chi connectivity index (χ1n) is 7.20. The van der Waals surface area contributed by atoms with E-state index in [9.17, 15) is 9.59 Å². The second kappa shape index (κ2) is 9.63. The van der Waals surface area contributed by atoms with Crippen LogP contribution in [0.4, 0.5) is 0 Å². The molecule has 0 unspecified atom stereocenters. The predicted octanol–water partition coefficient (Wildman–Crippen LogP) is 1.77. The van der Waals surface area contributed by atoms with Crippen LogP contribution in [0.2, 0.25) is 0 Å². The van der Waals surface area contributed by atoms with Gasteiger partial charge in [-0.3, -0.25) is 14.6 Å². The van der Waals surface area contributed by atoms with Crippen molar-refractivity contribution in [3.63, 3.8) is 0 Å². The first-order chi connectivity index (χ1) is 10.2. The van der Waals surface area contributed by atoms with Gasteiger partial charge in [0.15, 0.2) is 0 Å². The molecule has 0 bridgehead atoms. The summed E-state index contributed by atoms with van der Waals surface area (Å²) in [6.07, 6.45) is 5.20. The molecule has 1 heterocycles. The van der Waals surface area contributed by atoms with Gasteiger partial charge in [0.05, 0.1) is 12.2 Å². The lowest BCUT2D eigenvalue weighted by Crippen LogP contribution is -2.37. The molecule has 1 aromatic rings. The van der Waals surface area contributed by atoms with Gasteiger partial charge >= 0.3 is 11.8 Å². The van der Waals surface area contributed by atoms with Crippen molar-refractivity contribution in [3.05, 3.63) is 30.1 Å². The number of carbonyl (C=O) groups is 2. The minimum Gasteiger partial charge on any atom is -0.342 e. The Bertz CT molecular complexity index is 478. The molecular formula is C15H22N4O2. The van der Waals surface area contributed by atoms with Crippen molar-refractivity contribution in [1.82, 2.24) is 15.7 Å². The van der Waals surface area contributed by atoms with Gasteiger partial charge in [0.2, 0.25) is 0 Å². The van der Waals surface area contributed by atoms with Crippen LogP contribution in [0.1, 0.15) is 45.2 Å². The summed E-state index contributed by atoms with van der Waals surface area (Å²) in [5.41, 5.74) is 3.91. The lowest BCUT2D eigenvalue weighted by molar-refractivity contribution is -0.139. The highest BCUT2D eigenvalue weighted by atomic mass is 16.2. The number of rotatable bonds is 7. The second-order valence-corrected chi connectivity index (χ2v) is 4.62. The van der Waals surface area contributed by atoms with Gasteiger partial charge < -0.3 is 5.32 Å². The van der Waals surface area contributed by atoms with E-state index in [4.69, 9.17) is 0 Å². The number of carbonyl (C=O) groups excluding carboxylic acids is 2. The number of hydrogen-bond donors (Lipinski definition) is 2. The SMILES string of the molecule is CCCC(CCC)=NNC(=O)C(=O)NCc1ccccn1. The monoisotopic (exact) mass is 290 g/mol. The van der Waals surface area contributed by atoms with E-state index in [0.717, 1.165) is 31.4 Å². The van der Waals surface area contributed by atoms with Crippen LogP contribution in [0.3, 0.4) is 0 Å². The van der Waals surface area contributed by atoms with Crippen molar-refractivity contribution >= 4 is 17.5 Å². The van der Waals surface area contributed by atoms with E-state index < -0.39 is 11.8 Å². The third-order valence-electron chi connectivity index (χ3n) is 2.76. The maximum absolute atomic E-state index is 11.6. The van der Waals surface area contributed by atoms with Crippen molar-refractivity contribution in [2.24, 2.45) is 5.10 Å². The van der Waals surface area contributed by atoms with E-state index >= 15 is 0 Å². The highest BCUT2D eigenvalue weighted by Gasteiger charge is 2.12. The van der Waals surface area contributed by atoms with Crippen molar-refractivity contribution in [3.8, 4) is 0 Å². The summed E-state index contributed by atoms with van der Waals surface area (Å²) < 4.78 is 0. The zero-order chi connectivity index (χ0) is 15.5. The zero-order valence-corrected chi connectivity index (χ0v) is 12.6. The minimum absolute atomic E-state index is 0.216. The molecule has 1 rings (SSSR count). The Morgan fingerprint density at radius 2 is 1.86 bits per heavy atom. The normalized spacial score (nSPS) is 9.81. The highest BCUT2D eigenvalue weighted by Crippen LogP contribution is 1.99. The average molecular weight is 290 g/mol. The first-order valence-corrected chi connectivity index (χ1v) is 7.20. The Labute approximate surface area is 125 Å². The zero-order valence-electron chi connectivity index (χ0n) is 12.6. The van der Waals surface area contributed by atoms with Gasteiger partial charge in [0.1, 0.15) is 0 Å². The fourth-order valence-electron chi connectivity index (χ4n) is 1.75. The van der Waals surface area contributed by atoms with Crippen molar-refractivity contribution in [1.29, 1.82) is 0 Å². The summed E-state index contributed by atoms with van der Waals surface area (Å²) in [6.45, 7) is 4.31. The van der Waals surface area contributed by atoms with E-state index in [1.54, 1.807) is 18.3 Å². The number of amides is 2. The summed E-state index contributed by atoms with van der Waals surface area (Å²) in [5, 5.41) is 6.52. The first kappa shape index (κ1) is 16.8. The topological polar surface area (TPSA) is 83.5 Å².